The van der Waals surface area contributed by atoms with Gasteiger partial charge in [0.1, 0.15) is 11.3 Å². The summed E-state index contributed by atoms with van der Waals surface area (Å²) in [6.45, 7) is 4.53. The van der Waals surface area contributed by atoms with Crippen molar-refractivity contribution >= 4 is 5.91 Å². The first-order valence-corrected chi connectivity index (χ1v) is 14.9. The smallest absolute Gasteiger partial charge is 0.261 e. The molecule has 0 spiro atoms. The number of amides is 1. The van der Waals surface area contributed by atoms with Crippen LogP contribution in [0.1, 0.15) is 84.1 Å². The summed E-state index contributed by atoms with van der Waals surface area (Å²) in [4.78, 5) is 34.6. The standard InChI is InChI=1S/C32H41N3O3/c1-19-8-11-24(36)14-26(19)32-15-22-18-35(17-20-9-10-20)29(22)27(32)13-21-12-25(30(37)33-28(21)16-32)31(38)34(2)23-6-4-3-5-7-23/h8,11-12,14,20,22-23,27,29,36H,3-7,9-10,13,15-18H2,1-2H3,(H,33,37)/t22?,27-,29+,32+/m0/s1. The Morgan fingerprint density at radius 3 is 2.71 bits per heavy atom. The Balaban J connectivity index is 1.26. The molecule has 4 fully saturated rings. The number of fused-ring (bicyclic) bond motifs is 4. The summed E-state index contributed by atoms with van der Waals surface area (Å²) in [6.07, 6.45) is 11.1. The van der Waals surface area contributed by atoms with Gasteiger partial charge in [0, 0.05) is 43.3 Å². The minimum absolute atomic E-state index is 0.100. The van der Waals surface area contributed by atoms with Gasteiger partial charge in [-0.15, -0.1) is 0 Å². The van der Waals surface area contributed by atoms with Gasteiger partial charge in [-0.2, -0.15) is 0 Å². The number of phenolic OH excluding ortho intramolecular Hbond substituents is 1. The zero-order chi connectivity index (χ0) is 26.2. The van der Waals surface area contributed by atoms with E-state index in [1.807, 2.05) is 30.1 Å². The van der Waals surface area contributed by atoms with E-state index < -0.39 is 0 Å². The van der Waals surface area contributed by atoms with Gasteiger partial charge in [-0.3, -0.25) is 14.5 Å². The zero-order valence-electron chi connectivity index (χ0n) is 22.8. The lowest BCUT2D eigenvalue weighted by molar-refractivity contribution is 0.00552. The molecule has 3 saturated carbocycles. The molecule has 2 aromatic rings. The molecule has 5 aliphatic rings. The molecular formula is C32H41N3O3. The number of rotatable bonds is 5. The molecule has 0 bridgehead atoms. The Hall–Kier alpha value is -2.60. The number of carbonyl (C=O) groups excluding carboxylic acids is 1. The van der Waals surface area contributed by atoms with E-state index in [0.717, 1.165) is 62.1 Å². The second-order valence-electron chi connectivity index (χ2n) is 13.2. The Bertz CT molecular complexity index is 1320. The van der Waals surface area contributed by atoms with E-state index in [4.69, 9.17) is 0 Å². The SMILES string of the molecule is Cc1ccc(O)cc1[C@@]12Cc3[nH]c(=O)c(C(=O)N(C)C4CCCCC4)cc3C[C@H]1[C@H]1C(CN1CC1CC1)C2. The van der Waals surface area contributed by atoms with Crippen LogP contribution in [0, 0.1) is 24.7 Å². The summed E-state index contributed by atoms with van der Waals surface area (Å²) < 4.78 is 0. The molecule has 1 aromatic carbocycles. The van der Waals surface area contributed by atoms with Gasteiger partial charge in [-0.25, -0.2) is 0 Å². The third-order valence-electron chi connectivity index (χ3n) is 10.9. The van der Waals surface area contributed by atoms with Gasteiger partial charge in [0.05, 0.1) is 0 Å². The molecule has 2 heterocycles. The number of likely N-dealkylation sites (tertiary alicyclic amines) is 1. The Kier molecular flexibility index (Phi) is 5.77. The molecular weight excluding hydrogens is 474 g/mol. The van der Waals surface area contributed by atoms with Crippen LogP contribution in [0.5, 0.6) is 5.75 Å². The molecule has 6 heteroatoms. The first kappa shape index (κ1) is 24.4. The van der Waals surface area contributed by atoms with Crippen LogP contribution >= 0.6 is 0 Å². The third kappa shape index (κ3) is 3.85. The maximum absolute atomic E-state index is 13.5. The molecule has 0 radical (unpaired) electrons. The van der Waals surface area contributed by atoms with E-state index >= 15 is 0 Å². The van der Waals surface area contributed by atoms with Crippen LogP contribution in [0.3, 0.4) is 0 Å². The van der Waals surface area contributed by atoms with Crippen LogP contribution < -0.4 is 5.56 Å². The predicted octanol–water partition coefficient (Wildman–Crippen LogP) is 4.56. The molecule has 4 aliphatic carbocycles. The van der Waals surface area contributed by atoms with Crippen LogP contribution in [-0.2, 0) is 18.3 Å². The number of hydrogen-bond donors (Lipinski definition) is 2. The van der Waals surface area contributed by atoms with E-state index in [2.05, 4.69) is 16.8 Å². The lowest BCUT2D eigenvalue weighted by Crippen LogP contribution is -2.58. The fourth-order valence-electron chi connectivity index (χ4n) is 8.79. The summed E-state index contributed by atoms with van der Waals surface area (Å²) >= 11 is 0. The lowest BCUT2D eigenvalue weighted by Gasteiger charge is -2.49. The van der Waals surface area contributed by atoms with E-state index in [9.17, 15) is 14.7 Å². The second-order valence-corrected chi connectivity index (χ2v) is 13.2. The first-order chi connectivity index (χ1) is 18.3. The number of aromatic nitrogens is 1. The van der Waals surface area contributed by atoms with E-state index in [1.54, 1.807) is 6.07 Å². The van der Waals surface area contributed by atoms with Crippen LogP contribution in [0.2, 0.25) is 0 Å². The normalized spacial score (nSPS) is 30.7. The number of H-pyrrole nitrogens is 1. The van der Waals surface area contributed by atoms with Crippen molar-refractivity contribution in [2.45, 2.75) is 88.6 Å². The molecule has 38 heavy (non-hydrogen) atoms. The number of aromatic hydroxyl groups is 1. The Morgan fingerprint density at radius 1 is 1.16 bits per heavy atom. The van der Waals surface area contributed by atoms with E-state index in [-0.39, 0.29) is 22.9 Å². The van der Waals surface area contributed by atoms with E-state index in [1.165, 1.54) is 43.5 Å². The van der Waals surface area contributed by atoms with Gasteiger partial charge >= 0.3 is 0 Å². The molecule has 2 N–H and O–H groups in total. The Labute approximate surface area is 225 Å². The fraction of sp³-hybridized carbons (Fsp3) is 0.625. The molecule has 6 nitrogen and oxygen atoms in total. The largest absolute Gasteiger partial charge is 0.508 e. The summed E-state index contributed by atoms with van der Waals surface area (Å²) in [7, 11) is 1.87. The minimum Gasteiger partial charge on any atom is -0.508 e. The van der Waals surface area contributed by atoms with Crippen LogP contribution in [0.4, 0.5) is 0 Å². The summed E-state index contributed by atoms with van der Waals surface area (Å²) in [5, 5.41) is 10.5. The van der Waals surface area contributed by atoms with Crippen LogP contribution in [0.25, 0.3) is 0 Å². The van der Waals surface area contributed by atoms with Crippen molar-refractivity contribution in [1.82, 2.24) is 14.8 Å². The average Bonchev–Trinajstić information content (AvgIpc) is 3.69. The monoisotopic (exact) mass is 515 g/mol. The summed E-state index contributed by atoms with van der Waals surface area (Å²) in [5.74, 6) is 2.11. The Morgan fingerprint density at radius 2 is 1.95 bits per heavy atom. The highest BCUT2D eigenvalue weighted by Gasteiger charge is 2.62. The molecule has 1 aromatic heterocycles. The van der Waals surface area contributed by atoms with Gasteiger partial charge in [0.25, 0.3) is 11.5 Å². The second kappa shape index (κ2) is 8.97. The number of nitrogens with zero attached hydrogens (tertiary/aromatic N) is 2. The third-order valence-corrected chi connectivity index (χ3v) is 10.9. The highest BCUT2D eigenvalue weighted by Crippen LogP contribution is 2.60. The molecule has 4 atom stereocenters. The van der Waals surface area contributed by atoms with Crippen molar-refractivity contribution in [3.05, 3.63) is 62.6 Å². The number of pyridine rings is 1. The van der Waals surface area contributed by atoms with Crippen molar-refractivity contribution in [3.63, 3.8) is 0 Å². The van der Waals surface area contributed by atoms with Gasteiger partial charge in [-0.1, -0.05) is 25.3 Å². The number of hydrogen-bond acceptors (Lipinski definition) is 4. The van der Waals surface area contributed by atoms with Gasteiger partial charge < -0.3 is 15.0 Å². The first-order valence-electron chi connectivity index (χ1n) is 14.9. The zero-order valence-corrected chi connectivity index (χ0v) is 22.8. The highest BCUT2D eigenvalue weighted by atomic mass is 16.3. The van der Waals surface area contributed by atoms with Crippen LogP contribution in [0.15, 0.2) is 29.1 Å². The molecule has 1 amide bonds. The predicted molar refractivity (Wildman–Crippen MR) is 148 cm³/mol. The summed E-state index contributed by atoms with van der Waals surface area (Å²) in [6, 6.07) is 8.52. The van der Waals surface area contributed by atoms with Gasteiger partial charge in [-0.05, 0) is 105 Å². The maximum Gasteiger partial charge on any atom is 0.261 e. The van der Waals surface area contributed by atoms with Gasteiger partial charge in [0.2, 0.25) is 0 Å². The minimum atomic E-state index is -0.256. The fourth-order valence-corrected chi connectivity index (χ4v) is 8.79. The number of aromatic amines is 1. The molecule has 1 saturated heterocycles. The average molecular weight is 516 g/mol. The number of nitrogens with one attached hydrogen (secondary N) is 1. The van der Waals surface area contributed by atoms with Crippen molar-refractivity contribution < 1.29 is 9.90 Å². The van der Waals surface area contributed by atoms with Crippen molar-refractivity contribution in [1.29, 1.82) is 0 Å². The molecule has 1 aliphatic heterocycles. The number of phenols is 1. The summed E-state index contributed by atoms with van der Waals surface area (Å²) in [5.41, 5.74) is 4.53. The van der Waals surface area contributed by atoms with E-state index in [0.29, 0.717) is 29.2 Å². The van der Waals surface area contributed by atoms with Crippen molar-refractivity contribution in [3.8, 4) is 5.75 Å². The van der Waals surface area contributed by atoms with Gasteiger partial charge in [0.15, 0.2) is 0 Å². The number of aryl methyl sites for hydroxylation is 1. The topological polar surface area (TPSA) is 76.6 Å². The van der Waals surface area contributed by atoms with Crippen LogP contribution in [-0.4, -0.2) is 58.0 Å². The maximum atomic E-state index is 13.5. The molecule has 202 valence electrons. The molecule has 7 rings (SSSR count). The molecule has 1 unspecified atom stereocenters. The number of benzene rings is 1. The highest BCUT2D eigenvalue weighted by molar-refractivity contribution is 5.94. The lowest BCUT2D eigenvalue weighted by atomic mass is 9.62. The number of carbonyl (C=O) groups is 1. The van der Waals surface area contributed by atoms with Crippen molar-refractivity contribution in [2.24, 2.45) is 17.8 Å². The van der Waals surface area contributed by atoms with Crippen molar-refractivity contribution in [2.75, 3.05) is 20.1 Å². The quantitative estimate of drug-likeness (QED) is 0.612.